The molecule has 0 heterocycles. The van der Waals surface area contributed by atoms with Crippen LogP contribution in [0.15, 0.2) is 54.6 Å². The minimum absolute atomic E-state index is 0.0603. The van der Waals surface area contributed by atoms with E-state index in [1.165, 1.54) is 30.5 Å². The molecule has 1 amide bonds. The van der Waals surface area contributed by atoms with E-state index in [2.05, 4.69) is 17.4 Å². The van der Waals surface area contributed by atoms with Crippen molar-refractivity contribution < 1.29 is 9.18 Å². The van der Waals surface area contributed by atoms with E-state index in [0.29, 0.717) is 18.8 Å². The lowest BCUT2D eigenvalue weighted by Gasteiger charge is -2.18. The van der Waals surface area contributed by atoms with Gasteiger partial charge in [-0.1, -0.05) is 42.5 Å². The van der Waals surface area contributed by atoms with Gasteiger partial charge in [-0.3, -0.25) is 4.79 Å². The molecule has 2 aromatic carbocycles. The van der Waals surface area contributed by atoms with E-state index in [1.807, 2.05) is 18.2 Å². The van der Waals surface area contributed by atoms with E-state index in [9.17, 15) is 9.18 Å². The normalized spacial score (nSPS) is 15.3. The third-order valence-electron chi connectivity index (χ3n) is 4.12. The first kappa shape index (κ1) is 14.8. The molecule has 0 bridgehead atoms. The van der Waals surface area contributed by atoms with Crippen LogP contribution in [0.4, 0.5) is 4.39 Å². The van der Waals surface area contributed by atoms with Crippen molar-refractivity contribution in [3.05, 3.63) is 71.5 Å². The van der Waals surface area contributed by atoms with E-state index in [1.54, 1.807) is 12.1 Å². The van der Waals surface area contributed by atoms with Crippen LogP contribution < -0.4 is 5.32 Å². The fourth-order valence-electron chi connectivity index (χ4n) is 2.72. The number of amides is 1. The molecule has 3 heteroatoms. The summed E-state index contributed by atoms with van der Waals surface area (Å²) in [6.45, 7) is 0. The number of nitrogens with one attached hydrogen (secondary N) is 1. The highest BCUT2D eigenvalue weighted by Crippen LogP contribution is 2.40. The van der Waals surface area contributed by atoms with Crippen LogP contribution >= 0.6 is 0 Å². The Morgan fingerprint density at radius 3 is 2.41 bits per heavy atom. The zero-order valence-electron chi connectivity index (χ0n) is 12.5. The molecule has 1 unspecified atom stereocenters. The van der Waals surface area contributed by atoms with Crippen LogP contribution in [0, 0.1) is 11.7 Å². The average molecular weight is 297 g/mol. The molecule has 1 N–H and O–H groups in total. The highest BCUT2D eigenvalue weighted by molar-refractivity contribution is 5.76. The molecule has 1 saturated carbocycles. The minimum Gasteiger partial charge on any atom is -0.349 e. The van der Waals surface area contributed by atoms with E-state index in [4.69, 9.17) is 0 Å². The SMILES string of the molecule is O=C(CCc1ccc(F)cc1)NC(c1ccccc1)C1CC1. The molecule has 0 radical (unpaired) electrons. The number of hydrogen-bond acceptors (Lipinski definition) is 1. The molecule has 0 spiro atoms. The summed E-state index contributed by atoms with van der Waals surface area (Å²) < 4.78 is 12.9. The number of halogens is 1. The summed E-state index contributed by atoms with van der Waals surface area (Å²) in [6.07, 6.45) is 3.43. The quantitative estimate of drug-likeness (QED) is 0.857. The van der Waals surface area contributed by atoms with Crippen LogP contribution in [0.3, 0.4) is 0 Å². The molecule has 1 fully saturated rings. The predicted octanol–water partition coefficient (Wildman–Crippen LogP) is 4.03. The number of benzene rings is 2. The highest BCUT2D eigenvalue weighted by Gasteiger charge is 2.33. The second kappa shape index (κ2) is 6.73. The maximum atomic E-state index is 12.9. The Morgan fingerprint density at radius 2 is 1.77 bits per heavy atom. The van der Waals surface area contributed by atoms with Crippen LogP contribution in [-0.2, 0) is 11.2 Å². The largest absolute Gasteiger partial charge is 0.349 e. The lowest BCUT2D eigenvalue weighted by molar-refractivity contribution is -0.122. The number of carbonyl (C=O) groups excluding carboxylic acids is 1. The molecule has 2 aromatic rings. The van der Waals surface area contributed by atoms with Crippen LogP contribution in [0.1, 0.15) is 36.4 Å². The van der Waals surface area contributed by atoms with Gasteiger partial charge in [0.1, 0.15) is 5.82 Å². The summed E-state index contributed by atoms with van der Waals surface area (Å²) in [6, 6.07) is 16.6. The monoisotopic (exact) mass is 297 g/mol. The Balaban J connectivity index is 1.56. The molecule has 1 aliphatic carbocycles. The van der Waals surface area contributed by atoms with Gasteiger partial charge in [0.25, 0.3) is 0 Å². The predicted molar refractivity (Wildman–Crippen MR) is 84.8 cm³/mol. The molecule has 1 aliphatic rings. The lowest BCUT2D eigenvalue weighted by atomic mass is 10.0. The van der Waals surface area contributed by atoms with Gasteiger partial charge in [0.15, 0.2) is 0 Å². The van der Waals surface area contributed by atoms with E-state index < -0.39 is 0 Å². The van der Waals surface area contributed by atoms with Crippen LogP contribution in [0.25, 0.3) is 0 Å². The maximum Gasteiger partial charge on any atom is 0.220 e. The fraction of sp³-hybridized carbons (Fsp3) is 0.316. The van der Waals surface area contributed by atoms with E-state index in [0.717, 1.165) is 5.56 Å². The van der Waals surface area contributed by atoms with Crippen molar-refractivity contribution >= 4 is 5.91 Å². The lowest BCUT2D eigenvalue weighted by Crippen LogP contribution is -2.30. The first-order valence-electron chi connectivity index (χ1n) is 7.81. The Kier molecular flexibility index (Phi) is 4.52. The standard InChI is InChI=1S/C19H20FNO/c20-17-11-6-14(7-12-17)8-13-18(22)21-19(16-9-10-16)15-4-2-1-3-5-15/h1-7,11-12,16,19H,8-10,13H2,(H,21,22). The average Bonchev–Trinajstić information content (AvgIpc) is 3.38. The van der Waals surface area contributed by atoms with Gasteiger partial charge in [0.05, 0.1) is 6.04 Å². The molecule has 22 heavy (non-hydrogen) atoms. The molecule has 2 nitrogen and oxygen atoms in total. The first-order valence-corrected chi connectivity index (χ1v) is 7.81. The highest BCUT2D eigenvalue weighted by atomic mass is 19.1. The minimum atomic E-state index is -0.244. The Morgan fingerprint density at radius 1 is 1.09 bits per heavy atom. The van der Waals surface area contributed by atoms with Gasteiger partial charge in [-0.25, -0.2) is 4.39 Å². The van der Waals surface area contributed by atoms with Gasteiger partial charge in [-0.2, -0.15) is 0 Å². The molecular weight excluding hydrogens is 277 g/mol. The Bertz CT molecular complexity index is 620. The van der Waals surface area contributed by atoms with Gasteiger partial charge in [0, 0.05) is 6.42 Å². The van der Waals surface area contributed by atoms with Gasteiger partial charge < -0.3 is 5.32 Å². The molecule has 0 saturated heterocycles. The molecular formula is C19H20FNO. The van der Waals surface area contributed by atoms with Crippen LogP contribution in [0.5, 0.6) is 0 Å². The first-order chi connectivity index (χ1) is 10.7. The third kappa shape index (κ3) is 3.94. The summed E-state index contributed by atoms with van der Waals surface area (Å²) in [4.78, 5) is 12.2. The molecule has 0 aromatic heterocycles. The second-order valence-corrected chi connectivity index (χ2v) is 5.92. The van der Waals surface area contributed by atoms with Gasteiger partial charge in [0.2, 0.25) is 5.91 Å². The number of aryl methyl sites for hydroxylation is 1. The third-order valence-corrected chi connectivity index (χ3v) is 4.12. The van der Waals surface area contributed by atoms with Crippen molar-refractivity contribution in [3.63, 3.8) is 0 Å². The summed E-state index contributed by atoms with van der Waals surface area (Å²) in [5.74, 6) is 0.383. The zero-order chi connectivity index (χ0) is 15.4. The van der Waals surface area contributed by atoms with Crippen LogP contribution in [-0.4, -0.2) is 5.91 Å². The Hall–Kier alpha value is -2.16. The van der Waals surface area contributed by atoms with E-state index in [-0.39, 0.29) is 17.8 Å². The summed E-state index contributed by atoms with van der Waals surface area (Å²) in [7, 11) is 0. The topological polar surface area (TPSA) is 29.1 Å². The summed E-state index contributed by atoms with van der Waals surface area (Å²) >= 11 is 0. The van der Waals surface area contributed by atoms with Crippen molar-refractivity contribution in [2.45, 2.75) is 31.7 Å². The molecule has 0 aliphatic heterocycles. The number of rotatable bonds is 6. The van der Waals surface area contributed by atoms with Crippen molar-refractivity contribution in [1.82, 2.24) is 5.32 Å². The fourth-order valence-corrected chi connectivity index (χ4v) is 2.72. The number of carbonyl (C=O) groups is 1. The van der Waals surface area contributed by atoms with Crippen molar-refractivity contribution in [2.24, 2.45) is 5.92 Å². The summed E-state index contributed by atoms with van der Waals surface area (Å²) in [5.41, 5.74) is 2.17. The van der Waals surface area contributed by atoms with Gasteiger partial charge in [-0.05, 0) is 48.4 Å². The van der Waals surface area contributed by atoms with E-state index >= 15 is 0 Å². The summed E-state index contributed by atoms with van der Waals surface area (Å²) in [5, 5.41) is 3.16. The molecule has 1 atom stereocenters. The van der Waals surface area contributed by atoms with Crippen LogP contribution in [0.2, 0.25) is 0 Å². The number of hydrogen-bond donors (Lipinski definition) is 1. The van der Waals surface area contributed by atoms with Gasteiger partial charge in [-0.15, -0.1) is 0 Å². The smallest absolute Gasteiger partial charge is 0.220 e. The van der Waals surface area contributed by atoms with Gasteiger partial charge >= 0.3 is 0 Å². The second-order valence-electron chi connectivity index (χ2n) is 5.92. The maximum absolute atomic E-state index is 12.9. The molecule has 3 rings (SSSR count). The van der Waals surface area contributed by atoms with Crippen molar-refractivity contribution in [2.75, 3.05) is 0 Å². The zero-order valence-corrected chi connectivity index (χ0v) is 12.5. The Labute approximate surface area is 130 Å². The van der Waals surface area contributed by atoms with Crippen molar-refractivity contribution in [1.29, 1.82) is 0 Å². The molecule has 114 valence electrons. The van der Waals surface area contributed by atoms with Crippen molar-refractivity contribution in [3.8, 4) is 0 Å².